The van der Waals surface area contributed by atoms with Gasteiger partial charge in [-0.05, 0) is 17.5 Å². The minimum absolute atomic E-state index is 0.104. The molecule has 2 rings (SSSR count). The Bertz CT molecular complexity index is 592. The zero-order valence-electron chi connectivity index (χ0n) is 12.0. The zero-order chi connectivity index (χ0) is 14.5. The van der Waals surface area contributed by atoms with Gasteiger partial charge in [-0.15, -0.1) is 0 Å². The highest BCUT2D eigenvalue weighted by molar-refractivity contribution is 5.84. The van der Waals surface area contributed by atoms with Crippen molar-refractivity contribution >= 4 is 16.8 Å². The molecule has 0 fully saturated rings. The zero-order valence-corrected chi connectivity index (χ0v) is 12.0. The first-order chi connectivity index (χ1) is 9.63. The van der Waals surface area contributed by atoms with E-state index in [0.717, 1.165) is 22.9 Å². The van der Waals surface area contributed by atoms with E-state index >= 15 is 0 Å². The lowest BCUT2D eigenvalue weighted by molar-refractivity contribution is -0.123. The van der Waals surface area contributed by atoms with Crippen LogP contribution in [-0.2, 0) is 11.3 Å². The van der Waals surface area contributed by atoms with Gasteiger partial charge in [0.2, 0.25) is 5.91 Å². The maximum Gasteiger partial charge on any atom is 0.237 e. The number of fused-ring (bicyclic) bond motifs is 1. The SMILES string of the molecule is CCC(C)C(N)C(=O)NCc1cccc2cccnc12. The minimum atomic E-state index is -0.456. The van der Waals surface area contributed by atoms with E-state index in [0.29, 0.717) is 6.54 Å². The Morgan fingerprint density at radius 2 is 2.10 bits per heavy atom. The highest BCUT2D eigenvalue weighted by atomic mass is 16.2. The molecule has 4 heteroatoms. The smallest absolute Gasteiger partial charge is 0.237 e. The number of carbonyl (C=O) groups is 1. The summed E-state index contributed by atoms with van der Waals surface area (Å²) < 4.78 is 0. The second kappa shape index (κ2) is 6.48. The molecule has 0 saturated heterocycles. The molecule has 2 unspecified atom stereocenters. The average Bonchev–Trinajstić information content (AvgIpc) is 2.50. The van der Waals surface area contributed by atoms with E-state index in [2.05, 4.69) is 10.3 Å². The van der Waals surface area contributed by atoms with Crippen LogP contribution >= 0.6 is 0 Å². The van der Waals surface area contributed by atoms with E-state index in [4.69, 9.17) is 5.73 Å². The maximum atomic E-state index is 12.0. The Labute approximate surface area is 119 Å². The fraction of sp³-hybridized carbons (Fsp3) is 0.375. The molecule has 3 N–H and O–H groups in total. The normalized spacial score (nSPS) is 13.9. The predicted octanol–water partition coefficient (Wildman–Crippen LogP) is 2.22. The highest BCUT2D eigenvalue weighted by Gasteiger charge is 2.19. The second-order valence-electron chi connectivity index (χ2n) is 5.12. The third kappa shape index (κ3) is 3.14. The summed E-state index contributed by atoms with van der Waals surface area (Å²) in [6.07, 6.45) is 2.66. The Balaban J connectivity index is 2.08. The van der Waals surface area contributed by atoms with Crippen molar-refractivity contribution in [3.05, 3.63) is 42.1 Å². The number of amides is 1. The van der Waals surface area contributed by atoms with Crippen LogP contribution in [0.4, 0.5) is 0 Å². The van der Waals surface area contributed by atoms with Crippen LogP contribution in [0.2, 0.25) is 0 Å². The second-order valence-corrected chi connectivity index (χ2v) is 5.12. The predicted molar refractivity (Wildman–Crippen MR) is 81.0 cm³/mol. The Morgan fingerprint density at radius 3 is 2.85 bits per heavy atom. The molecule has 2 aromatic rings. The topological polar surface area (TPSA) is 68.0 Å². The highest BCUT2D eigenvalue weighted by Crippen LogP contribution is 2.15. The van der Waals surface area contributed by atoms with Crippen LogP contribution in [0.25, 0.3) is 10.9 Å². The number of nitrogens with zero attached hydrogens (tertiary/aromatic N) is 1. The van der Waals surface area contributed by atoms with Gasteiger partial charge in [-0.2, -0.15) is 0 Å². The molecule has 0 aliphatic carbocycles. The van der Waals surface area contributed by atoms with Crippen molar-refractivity contribution in [3.63, 3.8) is 0 Å². The van der Waals surface area contributed by atoms with Crippen molar-refractivity contribution in [1.82, 2.24) is 10.3 Å². The lowest BCUT2D eigenvalue weighted by atomic mass is 9.99. The standard InChI is InChI=1S/C16H21N3O/c1-3-11(2)14(17)16(20)19-10-13-7-4-6-12-8-5-9-18-15(12)13/h4-9,11,14H,3,10,17H2,1-2H3,(H,19,20). The van der Waals surface area contributed by atoms with Crippen LogP contribution in [-0.4, -0.2) is 16.9 Å². The average molecular weight is 271 g/mol. The number of pyridine rings is 1. The molecule has 0 radical (unpaired) electrons. The molecule has 4 nitrogen and oxygen atoms in total. The molecule has 20 heavy (non-hydrogen) atoms. The first kappa shape index (κ1) is 14.5. The first-order valence-electron chi connectivity index (χ1n) is 6.99. The number of nitrogens with one attached hydrogen (secondary N) is 1. The van der Waals surface area contributed by atoms with Crippen molar-refractivity contribution < 1.29 is 4.79 Å². The van der Waals surface area contributed by atoms with E-state index in [1.54, 1.807) is 6.20 Å². The lowest BCUT2D eigenvalue weighted by Gasteiger charge is -2.18. The van der Waals surface area contributed by atoms with Gasteiger partial charge in [-0.25, -0.2) is 0 Å². The number of para-hydroxylation sites is 1. The number of aromatic nitrogens is 1. The van der Waals surface area contributed by atoms with Gasteiger partial charge in [0.1, 0.15) is 0 Å². The fourth-order valence-corrected chi connectivity index (χ4v) is 2.12. The number of hydrogen-bond donors (Lipinski definition) is 2. The van der Waals surface area contributed by atoms with Gasteiger partial charge in [0.25, 0.3) is 0 Å². The van der Waals surface area contributed by atoms with Crippen molar-refractivity contribution in [2.75, 3.05) is 0 Å². The van der Waals surface area contributed by atoms with Gasteiger partial charge in [-0.3, -0.25) is 9.78 Å². The Morgan fingerprint density at radius 1 is 1.35 bits per heavy atom. The van der Waals surface area contributed by atoms with Crippen LogP contribution in [0.1, 0.15) is 25.8 Å². The molecule has 0 spiro atoms. The summed E-state index contributed by atoms with van der Waals surface area (Å²) in [6.45, 7) is 4.48. The quantitative estimate of drug-likeness (QED) is 0.876. The molecule has 1 aromatic heterocycles. The molecular formula is C16H21N3O. The van der Waals surface area contributed by atoms with E-state index < -0.39 is 6.04 Å². The van der Waals surface area contributed by atoms with E-state index in [1.807, 2.05) is 44.2 Å². The van der Waals surface area contributed by atoms with Gasteiger partial charge >= 0.3 is 0 Å². The maximum absolute atomic E-state index is 12.0. The summed E-state index contributed by atoms with van der Waals surface area (Å²) in [5, 5.41) is 3.98. The van der Waals surface area contributed by atoms with Crippen molar-refractivity contribution in [2.45, 2.75) is 32.9 Å². The molecule has 0 bridgehead atoms. The van der Waals surface area contributed by atoms with Crippen molar-refractivity contribution in [2.24, 2.45) is 11.7 Å². The summed E-state index contributed by atoms with van der Waals surface area (Å²) in [4.78, 5) is 16.4. The van der Waals surface area contributed by atoms with E-state index in [9.17, 15) is 4.79 Å². The van der Waals surface area contributed by atoms with Crippen LogP contribution in [0.3, 0.4) is 0 Å². The van der Waals surface area contributed by atoms with Crippen LogP contribution in [0, 0.1) is 5.92 Å². The third-order valence-corrected chi connectivity index (χ3v) is 3.73. The van der Waals surface area contributed by atoms with Crippen LogP contribution in [0.5, 0.6) is 0 Å². The third-order valence-electron chi connectivity index (χ3n) is 3.73. The van der Waals surface area contributed by atoms with Gasteiger partial charge in [-0.1, -0.05) is 44.5 Å². The molecule has 0 aliphatic heterocycles. The van der Waals surface area contributed by atoms with Crippen molar-refractivity contribution in [3.8, 4) is 0 Å². The first-order valence-corrected chi connectivity index (χ1v) is 6.99. The molecule has 106 valence electrons. The molecule has 1 amide bonds. The van der Waals surface area contributed by atoms with E-state index in [1.165, 1.54) is 0 Å². The van der Waals surface area contributed by atoms with Crippen LogP contribution in [0.15, 0.2) is 36.5 Å². The monoisotopic (exact) mass is 271 g/mol. The number of nitrogens with two attached hydrogens (primary N) is 1. The van der Waals surface area contributed by atoms with Crippen molar-refractivity contribution in [1.29, 1.82) is 0 Å². The van der Waals surface area contributed by atoms with Gasteiger partial charge in [0, 0.05) is 18.1 Å². The number of hydrogen-bond acceptors (Lipinski definition) is 3. The number of benzene rings is 1. The largest absolute Gasteiger partial charge is 0.351 e. The van der Waals surface area contributed by atoms with Gasteiger partial charge < -0.3 is 11.1 Å². The van der Waals surface area contributed by atoms with E-state index in [-0.39, 0.29) is 11.8 Å². The summed E-state index contributed by atoms with van der Waals surface area (Å²) >= 11 is 0. The summed E-state index contributed by atoms with van der Waals surface area (Å²) in [5.41, 5.74) is 7.85. The lowest BCUT2D eigenvalue weighted by Crippen LogP contribution is -2.44. The number of carbonyl (C=O) groups excluding carboxylic acids is 1. The summed E-state index contributed by atoms with van der Waals surface area (Å²) in [6, 6.07) is 9.42. The Kier molecular flexibility index (Phi) is 4.69. The molecule has 1 aromatic carbocycles. The molecule has 0 saturated carbocycles. The van der Waals surface area contributed by atoms with Crippen LogP contribution < -0.4 is 11.1 Å². The fourth-order valence-electron chi connectivity index (χ4n) is 2.12. The summed E-state index contributed by atoms with van der Waals surface area (Å²) in [7, 11) is 0. The molecule has 0 aliphatic rings. The van der Waals surface area contributed by atoms with Gasteiger partial charge in [0.15, 0.2) is 0 Å². The molecule has 1 heterocycles. The summed E-state index contributed by atoms with van der Waals surface area (Å²) in [5.74, 6) is 0.0768. The minimum Gasteiger partial charge on any atom is -0.351 e. The van der Waals surface area contributed by atoms with Gasteiger partial charge in [0.05, 0.1) is 11.6 Å². The Hall–Kier alpha value is -1.94. The molecule has 2 atom stereocenters. The number of rotatable bonds is 5. The molecular weight excluding hydrogens is 250 g/mol.